The Labute approximate surface area is 288 Å². The highest BCUT2D eigenvalue weighted by Gasteiger charge is 2.54. The molecule has 0 amide bonds. The van der Waals surface area contributed by atoms with Crippen LogP contribution in [0.4, 0.5) is 11.4 Å². The Morgan fingerprint density at radius 3 is 2.31 bits per heavy atom. The molecule has 10 rings (SSSR count). The van der Waals surface area contributed by atoms with Gasteiger partial charge in [-0.05, 0) is 103 Å². The van der Waals surface area contributed by atoms with Gasteiger partial charge >= 0.3 is 5.97 Å². The fourth-order valence-corrected chi connectivity index (χ4v) is 10.8. The number of anilines is 1. The Morgan fingerprint density at radius 1 is 0.796 bits per heavy atom. The lowest BCUT2D eigenvalue weighted by atomic mass is 9.67. The summed E-state index contributed by atoms with van der Waals surface area (Å²) in [6.45, 7) is 11.6. The van der Waals surface area contributed by atoms with Crippen LogP contribution >= 0.6 is 0 Å². The molecule has 0 saturated carbocycles. The zero-order valence-electron chi connectivity index (χ0n) is 28.8. The average molecular weight is 648 g/mol. The van der Waals surface area contributed by atoms with Crippen molar-refractivity contribution in [2.75, 3.05) is 18.0 Å². The van der Waals surface area contributed by atoms with E-state index in [-0.39, 0.29) is 23.0 Å². The van der Waals surface area contributed by atoms with Crippen molar-refractivity contribution in [1.82, 2.24) is 0 Å². The Kier molecular flexibility index (Phi) is 6.03. The van der Waals surface area contributed by atoms with Crippen molar-refractivity contribution in [2.45, 2.75) is 76.4 Å². The number of benzene rings is 3. The maximum atomic E-state index is 11.9. The quantitative estimate of drug-likeness (QED) is 0.283. The second-order valence-corrected chi connectivity index (χ2v) is 16.2. The number of ether oxygens (including phenoxy) is 1. The largest absolute Gasteiger partial charge is 0.478 e. The minimum Gasteiger partial charge on any atom is -0.478 e. The molecule has 5 heteroatoms. The molecule has 0 radical (unpaired) electrons. The van der Waals surface area contributed by atoms with Gasteiger partial charge in [0.05, 0.1) is 23.2 Å². The van der Waals surface area contributed by atoms with Gasteiger partial charge in [-0.1, -0.05) is 68.5 Å². The van der Waals surface area contributed by atoms with E-state index in [9.17, 15) is 9.90 Å². The molecule has 4 atom stereocenters. The fraction of sp³-hybridized carbons (Fsp3) is 0.364. The summed E-state index contributed by atoms with van der Waals surface area (Å²) in [5, 5.41) is 9.77. The third-order valence-corrected chi connectivity index (χ3v) is 12.9. The molecule has 7 aliphatic rings. The number of nitrogens with zero attached hydrogens (tertiary/aromatic N) is 2. The van der Waals surface area contributed by atoms with Crippen molar-refractivity contribution >= 4 is 28.6 Å². The lowest BCUT2D eigenvalue weighted by Gasteiger charge is -2.46. The van der Waals surface area contributed by atoms with E-state index in [1.54, 1.807) is 12.1 Å². The second kappa shape index (κ2) is 10.0. The third-order valence-electron chi connectivity index (χ3n) is 12.9. The van der Waals surface area contributed by atoms with Crippen molar-refractivity contribution in [3.63, 3.8) is 0 Å². The van der Waals surface area contributed by atoms with E-state index in [0.29, 0.717) is 17.4 Å². The molecule has 0 unspecified atom stereocenters. The van der Waals surface area contributed by atoms with Crippen molar-refractivity contribution in [3.8, 4) is 0 Å². The molecule has 0 bridgehead atoms. The molecule has 5 heterocycles. The van der Waals surface area contributed by atoms with Crippen molar-refractivity contribution in [1.29, 1.82) is 0 Å². The lowest BCUT2D eigenvalue weighted by molar-refractivity contribution is -0.444. The molecule has 5 nitrogen and oxygen atoms in total. The van der Waals surface area contributed by atoms with Crippen LogP contribution in [0.2, 0.25) is 0 Å². The van der Waals surface area contributed by atoms with Gasteiger partial charge in [-0.3, -0.25) is 0 Å². The van der Waals surface area contributed by atoms with E-state index in [2.05, 4.69) is 97.9 Å². The maximum Gasteiger partial charge on any atom is 0.335 e. The first-order chi connectivity index (χ1) is 23.6. The first kappa shape index (κ1) is 29.4. The molecule has 0 spiro atoms. The summed E-state index contributed by atoms with van der Waals surface area (Å²) in [4.78, 5) is 14.5. The molecular weight excluding hydrogens is 604 g/mol. The van der Waals surface area contributed by atoms with E-state index in [4.69, 9.17) is 4.74 Å². The number of hydrogen-bond acceptors (Lipinski definition) is 3. The second-order valence-electron chi connectivity index (χ2n) is 16.2. The number of carboxylic acid groups (broad SMARTS) is 1. The first-order valence-electron chi connectivity index (χ1n) is 18.2. The van der Waals surface area contributed by atoms with Crippen LogP contribution in [0.3, 0.4) is 0 Å². The predicted molar refractivity (Wildman–Crippen MR) is 194 cm³/mol. The van der Waals surface area contributed by atoms with Gasteiger partial charge in [0.2, 0.25) is 5.69 Å². The molecular formula is C44H43N2O3+. The fourth-order valence-electron chi connectivity index (χ4n) is 10.8. The molecule has 0 fully saturated rings. The van der Waals surface area contributed by atoms with Crippen LogP contribution < -0.4 is 4.90 Å². The van der Waals surface area contributed by atoms with Crippen LogP contribution in [0, 0.1) is 11.8 Å². The maximum absolute atomic E-state index is 11.9. The van der Waals surface area contributed by atoms with Crippen LogP contribution in [0.5, 0.6) is 0 Å². The van der Waals surface area contributed by atoms with Crippen molar-refractivity contribution < 1.29 is 19.2 Å². The van der Waals surface area contributed by atoms with Crippen LogP contribution in [0.15, 0.2) is 113 Å². The minimum absolute atomic E-state index is 0.0190. The minimum atomic E-state index is -0.895. The van der Waals surface area contributed by atoms with Gasteiger partial charge in [-0.2, -0.15) is 4.58 Å². The lowest BCUT2D eigenvalue weighted by Crippen LogP contribution is -2.44. The summed E-state index contributed by atoms with van der Waals surface area (Å²) in [5.74, 6) is 0.0161. The monoisotopic (exact) mass is 647 g/mol. The van der Waals surface area contributed by atoms with Gasteiger partial charge in [0.25, 0.3) is 0 Å². The summed E-state index contributed by atoms with van der Waals surface area (Å²) < 4.78 is 9.82. The molecule has 0 saturated heterocycles. The Balaban J connectivity index is 1.20. The molecule has 3 aromatic carbocycles. The van der Waals surface area contributed by atoms with Crippen molar-refractivity contribution in [3.05, 3.63) is 135 Å². The zero-order valence-corrected chi connectivity index (χ0v) is 28.8. The summed E-state index contributed by atoms with van der Waals surface area (Å²) in [7, 11) is 0. The highest BCUT2D eigenvalue weighted by Crippen LogP contribution is 2.57. The Bertz CT molecular complexity index is 2160. The molecule has 1 N–H and O–H groups in total. The molecule has 246 valence electrons. The van der Waals surface area contributed by atoms with Crippen LogP contribution in [0.1, 0.15) is 80.4 Å². The zero-order chi connectivity index (χ0) is 33.4. The number of hydrogen-bond donors (Lipinski definition) is 1. The molecule has 2 aliphatic carbocycles. The van der Waals surface area contributed by atoms with Crippen LogP contribution in [-0.4, -0.2) is 46.7 Å². The predicted octanol–water partition coefficient (Wildman–Crippen LogP) is 8.73. The van der Waals surface area contributed by atoms with Gasteiger partial charge in [-0.15, -0.1) is 0 Å². The van der Waals surface area contributed by atoms with Gasteiger partial charge in [-0.25, -0.2) is 4.79 Å². The highest BCUT2D eigenvalue weighted by atomic mass is 16.5. The van der Waals surface area contributed by atoms with Crippen LogP contribution in [0.25, 0.3) is 5.57 Å². The first-order valence-corrected chi connectivity index (χ1v) is 18.2. The number of fused-ring (bicyclic) bond motifs is 10. The van der Waals surface area contributed by atoms with Gasteiger partial charge in [0.1, 0.15) is 6.54 Å². The number of rotatable bonds is 2. The summed E-state index contributed by atoms with van der Waals surface area (Å²) in [5.41, 5.74) is 16.3. The summed E-state index contributed by atoms with van der Waals surface area (Å²) >= 11 is 0. The van der Waals surface area contributed by atoms with Crippen LogP contribution in [-0.2, 0) is 15.6 Å². The third kappa shape index (κ3) is 3.97. The average Bonchev–Trinajstić information content (AvgIpc) is 3.49. The highest BCUT2D eigenvalue weighted by molar-refractivity contribution is 6.09. The van der Waals surface area contributed by atoms with E-state index in [1.807, 2.05) is 12.1 Å². The van der Waals surface area contributed by atoms with E-state index < -0.39 is 5.97 Å². The van der Waals surface area contributed by atoms with Gasteiger partial charge < -0.3 is 14.7 Å². The van der Waals surface area contributed by atoms with E-state index in [0.717, 1.165) is 44.3 Å². The number of carbonyl (C=O) groups is 1. The smallest absolute Gasteiger partial charge is 0.335 e. The standard InChI is InChI=1S/C44H42N2O3/c1-43(2)33-9-5-7-11-35(33)45-19-17-27-21-37-31(23-29(27)40(43)45)39(25-13-15-26(16-14-25)42(47)48)32-24-30-28(22-38(32)49-37)18-20-46-36-12-8-6-10-34(36)44(3,4)41(30)46/h5-16,23-24,27-28,37-38H,17-22H2,1-4H3/p+1/t27-,28+,37+,38-. The number of para-hydroxylation sites is 2. The van der Waals surface area contributed by atoms with Gasteiger partial charge in [0, 0.05) is 47.0 Å². The number of allylic oxidation sites excluding steroid dienone is 4. The number of carboxylic acids is 1. The van der Waals surface area contributed by atoms with E-state index in [1.165, 1.54) is 61.8 Å². The summed E-state index contributed by atoms with van der Waals surface area (Å²) in [6, 6.07) is 25.5. The Hall–Kier alpha value is -4.48. The molecule has 5 aliphatic heterocycles. The topological polar surface area (TPSA) is 52.8 Å². The number of aromatic carboxylic acids is 1. The molecule has 49 heavy (non-hydrogen) atoms. The van der Waals surface area contributed by atoms with E-state index >= 15 is 0 Å². The van der Waals surface area contributed by atoms with Gasteiger partial charge in [0.15, 0.2) is 5.71 Å². The van der Waals surface area contributed by atoms with Crippen molar-refractivity contribution in [2.24, 2.45) is 11.8 Å². The summed E-state index contributed by atoms with van der Waals surface area (Å²) in [6.07, 6.45) is 9.24. The molecule has 3 aromatic rings. The normalized spacial score (nSPS) is 28.3. The SMILES string of the molecule is CC1(C)C2=C3C=C4C(c5ccc(C(=O)O)cc5)=C5C=C6C7=[N+](CC[C@H]6C[C@H]5O[C@H]4C[C@H]3CCN2c2ccccc21)c1ccccc1C7(C)C. The molecule has 0 aromatic heterocycles. The Morgan fingerprint density at radius 2 is 1.51 bits per heavy atom.